The van der Waals surface area contributed by atoms with E-state index in [-0.39, 0.29) is 17.0 Å². The molecule has 1 fully saturated rings. The summed E-state index contributed by atoms with van der Waals surface area (Å²) in [6, 6.07) is 20.6. The van der Waals surface area contributed by atoms with Gasteiger partial charge in [-0.15, -0.1) is 0 Å². The van der Waals surface area contributed by atoms with E-state index in [9.17, 15) is 9.59 Å². The second-order valence-electron chi connectivity index (χ2n) is 7.24. The van der Waals surface area contributed by atoms with E-state index >= 15 is 0 Å². The van der Waals surface area contributed by atoms with Crippen LogP contribution in [0.3, 0.4) is 0 Å². The van der Waals surface area contributed by atoms with Gasteiger partial charge in [0.05, 0.1) is 12.1 Å². The number of rotatable bonds is 5. The SMILES string of the molecule is O=C(NC1(c2ccc(Cl)cc2)CCC1)c1cccn(Cc2ccccc2)c1=O. The van der Waals surface area contributed by atoms with Gasteiger partial charge >= 0.3 is 0 Å². The number of nitrogens with zero attached hydrogens (tertiary/aromatic N) is 1. The maximum Gasteiger partial charge on any atom is 0.263 e. The Hall–Kier alpha value is -2.85. The van der Waals surface area contributed by atoms with Crippen LogP contribution in [0, 0.1) is 0 Å². The standard InChI is InChI=1S/C23H21ClN2O2/c24-19-11-9-18(10-12-19)23(13-5-14-23)25-21(27)20-8-4-15-26(22(20)28)16-17-6-2-1-3-7-17/h1-4,6-12,15H,5,13-14,16H2,(H,25,27). The number of pyridine rings is 1. The summed E-state index contributed by atoms with van der Waals surface area (Å²) < 4.78 is 1.57. The van der Waals surface area contributed by atoms with Crippen molar-refractivity contribution in [2.24, 2.45) is 0 Å². The molecule has 142 valence electrons. The number of carbonyl (C=O) groups is 1. The topological polar surface area (TPSA) is 51.1 Å². The van der Waals surface area contributed by atoms with Crippen molar-refractivity contribution in [2.75, 3.05) is 0 Å². The lowest BCUT2D eigenvalue weighted by Gasteiger charge is -2.43. The van der Waals surface area contributed by atoms with Crippen LogP contribution < -0.4 is 10.9 Å². The highest BCUT2D eigenvalue weighted by molar-refractivity contribution is 6.30. The average molecular weight is 393 g/mol. The minimum absolute atomic E-state index is 0.165. The first-order chi connectivity index (χ1) is 13.6. The zero-order valence-electron chi connectivity index (χ0n) is 15.4. The second-order valence-corrected chi connectivity index (χ2v) is 7.67. The van der Waals surface area contributed by atoms with E-state index < -0.39 is 5.54 Å². The normalized spacial score (nSPS) is 14.9. The Morgan fingerprint density at radius 3 is 2.36 bits per heavy atom. The predicted octanol–water partition coefficient (Wildman–Crippen LogP) is 4.36. The Morgan fingerprint density at radius 2 is 1.71 bits per heavy atom. The van der Waals surface area contributed by atoms with Gasteiger partial charge in [-0.3, -0.25) is 9.59 Å². The third-order valence-corrected chi connectivity index (χ3v) is 5.67. The van der Waals surface area contributed by atoms with Gasteiger partial charge in [0.25, 0.3) is 11.5 Å². The van der Waals surface area contributed by atoms with Gasteiger partial charge in [0, 0.05) is 11.2 Å². The lowest BCUT2D eigenvalue weighted by Crippen LogP contribution is -2.51. The summed E-state index contributed by atoms with van der Waals surface area (Å²) in [4.78, 5) is 25.8. The molecule has 4 nitrogen and oxygen atoms in total. The van der Waals surface area contributed by atoms with Crippen molar-refractivity contribution in [2.45, 2.75) is 31.3 Å². The lowest BCUT2D eigenvalue weighted by molar-refractivity contribution is 0.0821. The quantitative estimate of drug-likeness (QED) is 0.701. The van der Waals surface area contributed by atoms with E-state index in [0.29, 0.717) is 11.6 Å². The summed E-state index contributed by atoms with van der Waals surface area (Å²) in [5, 5.41) is 3.78. The number of amides is 1. The lowest BCUT2D eigenvalue weighted by atomic mass is 9.71. The number of hydrogen-bond donors (Lipinski definition) is 1. The highest BCUT2D eigenvalue weighted by Crippen LogP contribution is 2.41. The summed E-state index contributed by atoms with van der Waals surface area (Å²) in [6.45, 7) is 0.434. The molecule has 1 aromatic heterocycles. The van der Waals surface area contributed by atoms with Crippen molar-refractivity contribution >= 4 is 17.5 Å². The van der Waals surface area contributed by atoms with Gasteiger partial charge in [0.1, 0.15) is 5.56 Å². The molecule has 1 aliphatic rings. The predicted molar refractivity (Wildman–Crippen MR) is 111 cm³/mol. The molecule has 1 saturated carbocycles. The zero-order valence-corrected chi connectivity index (χ0v) is 16.2. The van der Waals surface area contributed by atoms with Crippen LogP contribution in [0.2, 0.25) is 5.02 Å². The third-order valence-electron chi connectivity index (χ3n) is 5.42. The number of halogens is 1. The van der Waals surface area contributed by atoms with E-state index in [0.717, 1.165) is 30.4 Å². The van der Waals surface area contributed by atoms with Gasteiger partial charge in [0.15, 0.2) is 0 Å². The summed E-state index contributed by atoms with van der Waals surface area (Å²) in [7, 11) is 0. The van der Waals surface area contributed by atoms with Gasteiger partial charge in [0.2, 0.25) is 0 Å². The van der Waals surface area contributed by atoms with Crippen LogP contribution in [0.5, 0.6) is 0 Å². The molecule has 3 aromatic rings. The molecular formula is C23H21ClN2O2. The fraction of sp³-hybridized carbons (Fsp3) is 0.217. The molecule has 1 heterocycles. The van der Waals surface area contributed by atoms with Crippen molar-refractivity contribution in [3.8, 4) is 0 Å². The van der Waals surface area contributed by atoms with E-state index in [1.807, 2.05) is 54.6 Å². The van der Waals surface area contributed by atoms with Gasteiger partial charge in [-0.2, -0.15) is 0 Å². The van der Waals surface area contributed by atoms with Crippen molar-refractivity contribution in [3.63, 3.8) is 0 Å². The highest BCUT2D eigenvalue weighted by Gasteiger charge is 2.40. The van der Waals surface area contributed by atoms with Crippen molar-refractivity contribution in [3.05, 3.63) is 105 Å². The third kappa shape index (κ3) is 3.60. The summed E-state index contributed by atoms with van der Waals surface area (Å²) >= 11 is 6.00. The fourth-order valence-corrected chi connectivity index (χ4v) is 3.81. The smallest absolute Gasteiger partial charge is 0.263 e. The molecule has 1 amide bonds. The molecule has 0 spiro atoms. The molecule has 4 rings (SSSR count). The van der Waals surface area contributed by atoms with E-state index in [2.05, 4.69) is 5.32 Å². The summed E-state index contributed by atoms with van der Waals surface area (Å²) in [6.07, 6.45) is 4.46. The Balaban J connectivity index is 1.59. The van der Waals surface area contributed by atoms with Gasteiger partial charge < -0.3 is 9.88 Å². The highest BCUT2D eigenvalue weighted by atomic mass is 35.5. The number of benzene rings is 2. The van der Waals surface area contributed by atoms with Gasteiger partial charge in [-0.25, -0.2) is 0 Å². The molecular weight excluding hydrogens is 372 g/mol. The van der Waals surface area contributed by atoms with Crippen molar-refractivity contribution < 1.29 is 4.79 Å². The first-order valence-corrected chi connectivity index (χ1v) is 9.77. The van der Waals surface area contributed by atoms with E-state index in [1.165, 1.54) is 0 Å². The van der Waals surface area contributed by atoms with Gasteiger partial charge in [-0.05, 0) is 54.7 Å². The molecule has 1 aliphatic carbocycles. The van der Waals surface area contributed by atoms with Crippen LogP contribution in [-0.4, -0.2) is 10.5 Å². The van der Waals surface area contributed by atoms with Crippen LogP contribution >= 0.6 is 11.6 Å². The minimum atomic E-state index is -0.422. The molecule has 2 aromatic carbocycles. The van der Waals surface area contributed by atoms with Crippen molar-refractivity contribution in [1.82, 2.24) is 9.88 Å². The minimum Gasteiger partial charge on any atom is -0.342 e. The first kappa shape index (κ1) is 18.5. The van der Waals surface area contributed by atoms with Crippen LogP contribution in [-0.2, 0) is 12.1 Å². The first-order valence-electron chi connectivity index (χ1n) is 9.39. The number of aromatic nitrogens is 1. The molecule has 0 bridgehead atoms. The molecule has 1 N–H and O–H groups in total. The Bertz CT molecular complexity index is 1040. The van der Waals surface area contributed by atoms with Crippen LogP contribution in [0.15, 0.2) is 77.7 Å². The summed E-state index contributed by atoms with van der Waals surface area (Å²) in [5.41, 5.74) is 1.50. The Morgan fingerprint density at radius 1 is 1.00 bits per heavy atom. The van der Waals surface area contributed by atoms with Crippen LogP contribution in [0.4, 0.5) is 0 Å². The Labute approximate surface area is 168 Å². The molecule has 0 atom stereocenters. The fourth-order valence-electron chi connectivity index (χ4n) is 3.68. The molecule has 0 aliphatic heterocycles. The summed E-state index contributed by atoms with van der Waals surface area (Å²) in [5.74, 6) is -0.331. The molecule has 5 heteroatoms. The van der Waals surface area contributed by atoms with Crippen LogP contribution in [0.25, 0.3) is 0 Å². The van der Waals surface area contributed by atoms with Gasteiger partial charge in [-0.1, -0.05) is 54.1 Å². The molecule has 0 saturated heterocycles. The second kappa shape index (κ2) is 7.64. The maximum atomic E-state index is 13.0. The van der Waals surface area contributed by atoms with E-state index in [4.69, 9.17) is 11.6 Å². The number of nitrogens with one attached hydrogen (secondary N) is 1. The molecule has 0 radical (unpaired) electrons. The molecule has 28 heavy (non-hydrogen) atoms. The monoisotopic (exact) mass is 392 g/mol. The maximum absolute atomic E-state index is 13.0. The van der Waals surface area contributed by atoms with Crippen molar-refractivity contribution in [1.29, 1.82) is 0 Å². The molecule has 0 unspecified atom stereocenters. The number of carbonyl (C=O) groups excluding carboxylic acids is 1. The van der Waals surface area contributed by atoms with Crippen LogP contribution in [0.1, 0.15) is 40.7 Å². The number of hydrogen-bond acceptors (Lipinski definition) is 2. The zero-order chi connectivity index (χ0) is 19.6. The largest absolute Gasteiger partial charge is 0.342 e. The Kier molecular flexibility index (Phi) is 5.05. The average Bonchev–Trinajstić information content (AvgIpc) is 2.68. The van der Waals surface area contributed by atoms with E-state index in [1.54, 1.807) is 22.9 Å².